The first-order valence-electron chi connectivity index (χ1n) is 9.06. The molecule has 0 aromatic heterocycles. The van der Waals surface area contributed by atoms with Gasteiger partial charge in [0, 0.05) is 6.54 Å². The van der Waals surface area contributed by atoms with E-state index in [1.807, 2.05) is 36.4 Å². The van der Waals surface area contributed by atoms with Gasteiger partial charge in [0.05, 0.1) is 6.10 Å². The van der Waals surface area contributed by atoms with Gasteiger partial charge in [0.2, 0.25) is 0 Å². The number of nitrogens with one attached hydrogen (secondary N) is 1. The third kappa shape index (κ3) is 5.22. The summed E-state index contributed by atoms with van der Waals surface area (Å²) in [7, 11) is 0. The number of rotatable bonds is 7. The summed E-state index contributed by atoms with van der Waals surface area (Å²) >= 11 is 0. The van der Waals surface area contributed by atoms with Crippen molar-refractivity contribution in [3.8, 4) is 5.75 Å². The highest BCUT2D eigenvalue weighted by atomic mass is 16.5. The normalized spacial score (nSPS) is 13.1. The van der Waals surface area contributed by atoms with E-state index in [1.165, 1.54) is 0 Å². The summed E-state index contributed by atoms with van der Waals surface area (Å²) in [5.74, 6) is 0.137. The van der Waals surface area contributed by atoms with Gasteiger partial charge in [0.1, 0.15) is 18.5 Å². The van der Waals surface area contributed by atoms with E-state index < -0.39 is 18.3 Å². The molecule has 0 aliphatic carbocycles. The number of phenols is 1. The van der Waals surface area contributed by atoms with Crippen LogP contribution in [0, 0.1) is 0 Å². The molecule has 146 valence electrons. The first kappa shape index (κ1) is 19.7. The molecule has 3 rings (SSSR count). The highest BCUT2D eigenvalue weighted by molar-refractivity contribution is 5.84. The van der Waals surface area contributed by atoms with Crippen LogP contribution in [0.15, 0.2) is 66.7 Å². The molecule has 0 spiro atoms. The second-order valence-corrected chi connectivity index (χ2v) is 6.58. The number of amides is 1. The van der Waals surface area contributed by atoms with E-state index in [0.717, 1.165) is 16.3 Å². The highest BCUT2D eigenvalue weighted by Gasteiger charge is 2.19. The molecule has 2 unspecified atom stereocenters. The summed E-state index contributed by atoms with van der Waals surface area (Å²) in [5.41, 5.74) is 1.42. The average molecular weight is 381 g/mol. The van der Waals surface area contributed by atoms with Crippen LogP contribution in [-0.4, -0.2) is 34.1 Å². The Morgan fingerprint density at radius 3 is 2.50 bits per heavy atom. The number of carbonyl (C=O) groups excluding carboxylic acids is 1. The SMILES string of the molecule is O=C(NCCC(O)C(O)c1ccc2ccc(O)cc2c1)OCc1ccccc1. The molecule has 0 fully saturated rings. The number of aromatic hydroxyl groups is 1. The topological polar surface area (TPSA) is 99.0 Å². The lowest BCUT2D eigenvalue weighted by molar-refractivity contribution is 0.0137. The highest BCUT2D eigenvalue weighted by Crippen LogP contribution is 2.26. The number of benzene rings is 3. The molecule has 0 heterocycles. The minimum absolute atomic E-state index is 0.137. The van der Waals surface area contributed by atoms with E-state index in [4.69, 9.17) is 4.74 Å². The van der Waals surface area contributed by atoms with Crippen LogP contribution >= 0.6 is 0 Å². The van der Waals surface area contributed by atoms with E-state index in [0.29, 0.717) is 5.56 Å². The van der Waals surface area contributed by atoms with E-state index >= 15 is 0 Å². The van der Waals surface area contributed by atoms with Gasteiger partial charge in [0.15, 0.2) is 0 Å². The maximum Gasteiger partial charge on any atom is 0.407 e. The third-order valence-electron chi connectivity index (χ3n) is 4.48. The number of phenolic OH excluding ortho intramolecular Hbond substituents is 1. The molecule has 0 radical (unpaired) electrons. The fourth-order valence-corrected chi connectivity index (χ4v) is 2.91. The Morgan fingerprint density at radius 2 is 1.71 bits per heavy atom. The van der Waals surface area contributed by atoms with Gasteiger partial charge in [-0.15, -0.1) is 0 Å². The Balaban J connectivity index is 1.47. The van der Waals surface area contributed by atoms with Crippen LogP contribution in [-0.2, 0) is 11.3 Å². The van der Waals surface area contributed by atoms with E-state index in [1.54, 1.807) is 30.3 Å². The Labute approximate surface area is 163 Å². The molecule has 28 heavy (non-hydrogen) atoms. The Kier molecular flexibility index (Phi) is 6.47. The van der Waals surface area contributed by atoms with Crippen LogP contribution < -0.4 is 5.32 Å². The smallest absolute Gasteiger partial charge is 0.407 e. The molecule has 3 aromatic carbocycles. The molecule has 4 N–H and O–H groups in total. The van der Waals surface area contributed by atoms with Gasteiger partial charge < -0.3 is 25.4 Å². The van der Waals surface area contributed by atoms with Crippen LogP contribution in [0.1, 0.15) is 23.7 Å². The first-order valence-corrected chi connectivity index (χ1v) is 9.06. The van der Waals surface area contributed by atoms with Crippen molar-refractivity contribution in [2.75, 3.05) is 6.54 Å². The number of fused-ring (bicyclic) bond motifs is 1. The Hall–Kier alpha value is -3.09. The van der Waals surface area contributed by atoms with Crippen LogP contribution in [0.25, 0.3) is 10.8 Å². The molecule has 2 atom stereocenters. The molecule has 0 saturated heterocycles. The van der Waals surface area contributed by atoms with E-state index in [2.05, 4.69) is 5.32 Å². The largest absolute Gasteiger partial charge is 0.508 e. The van der Waals surface area contributed by atoms with Gasteiger partial charge in [0.25, 0.3) is 0 Å². The minimum Gasteiger partial charge on any atom is -0.508 e. The molecule has 0 aliphatic rings. The van der Waals surface area contributed by atoms with Crippen LogP contribution in [0.3, 0.4) is 0 Å². The van der Waals surface area contributed by atoms with Crippen LogP contribution in [0.2, 0.25) is 0 Å². The molecule has 1 amide bonds. The average Bonchev–Trinajstić information content (AvgIpc) is 2.71. The zero-order valence-corrected chi connectivity index (χ0v) is 15.3. The van der Waals surface area contributed by atoms with Gasteiger partial charge in [-0.1, -0.05) is 48.5 Å². The van der Waals surface area contributed by atoms with Crippen LogP contribution in [0.4, 0.5) is 4.79 Å². The summed E-state index contributed by atoms with van der Waals surface area (Å²) < 4.78 is 5.10. The second-order valence-electron chi connectivity index (χ2n) is 6.58. The summed E-state index contributed by atoms with van der Waals surface area (Å²) in [6.07, 6.45) is -2.57. The number of aliphatic hydroxyl groups excluding tert-OH is 2. The lowest BCUT2D eigenvalue weighted by Crippen LogP contribution is -2.29. The predicted octanol–water partition coefficient (Wildman–Crippen LogP) is 3.26. The van der Waals surface area contributed by atoms with Crippen molar-refractivity contribution >= 4 is 16.9 Å². The van der Waals surface area contributed by atoms with Crippen molar-refractivity contribution in [2.45, 2.75) is 25.2 Å². The molecule has 6 heteroatoms. The molecule has 0 bridgehead atoms. The number of ether oxygens (including phenoxy) is 1. The van der Waals surface area contributed by atoms with Crippen molar-refractivity contribution in [3.63, 3.8) is 0 Å². The summed E-state index contributed by atoms with van der Waals surface area (Å²) in [6.45, 7) is 0.335. The number of alkyl carbamates (subject to hydrolysis) is 1. The van der Waals surface area contributed by atoms with Crippen LogP contribution in [0.5, 0.6) is 5.75 Å². The van der Waals surface area contributed by atoms with Crippen molar-refractivity contribution < 1.29 is 24.9 Å². The summed E-state index contributed by atoms with van der Waals surface area (Å²) in [6, 6.07) is 19.6. The lowest BCUT2D eigenvalue weighted by atomic mass is 9.99. The molecular weight excluding hydrogens is 358 g/mol. The Morgan fingerprint density at radius 1 is 0.964 bits per heavy atom. The quantitative estimate of drug-likeness (QED) is 0.503. The fourth-order valence-electron chi connectivity index (χ4n) is 2.91. The zero-order chi connectivity index (χ0) is 19.9. The van der Waals surface area contributed by atoms with Gasteiger partial charge in [-0.25, -0.2) is 4.79 Å². The number of hydrogen-bond acceptors (Lipinski definition) is 5. The van der Waals surface area contributed by atoms with E-state index in [9.17, 15) is 20.1 Å². The van der Waals surface area contributed by atoms with Gasteiger partial charge >= 0.3 is 6.09 Å². The van der Waals surface area contributed by atoms with Crippen molar-refractivity contribution in [1.29, 1.82) is 0 Å². The molecule has 0 saturated carbocycles. The molecule has 6 nitrogen and oxygen atoms in total. The Bertz CT molecular complexity index is 929. The maximum absolute atomic E-state index is 11.7. The lowest BCUT2D eigenvalue weighted by Gasteiger charge is -2.19. The number of carbonyl (C=O) groups is 1. The third-order valence-corrected chi connectivity index (χ3v) is 4.48. The van der Waals surface area contributed by atoms with Crippen molar-refractivity contribution in [3.05, 3.63) is 77.9 Å². The molecular formula is C22H23NO5. The van der Waals surface area contributed by atoms with Crippen molar-refractivity contribution in [2.24, 2.45) is 0 Å². The van der Waals surface area contributed by atoms with Gasteiger partial charge in [-0.3, -0.25) is 0 Å². The zero-order valence-electron chi connectivity index (χ0n) is 15.3. The first-order chi connectivity index (χ1) is 13.5. The van der Waals surface area contributed by atoms with Gasteiger partial charge in [-0.05, 0) is 46.5 Å². The predicted molar refractivity (Wildman–Crippen MR) is 106 cm³/mol. The minimum atomic E-state index is -1.10. The maximum atomic E-state index is 11.7. The van der Waals surface area contributed by atoms with Crippen molar-refractivity contribution in [1.82, 2.24) is 5.32 Å². The second kappa shape index (κ2) is 9.21. The number of hydrogen-bond donors (Lipinski definition) is 4. The van der Waals surface area contributed by atoms with E-state index in [-0.39, 0.29) is 25.3 Å². The standard InChI is InChI=1S/C22H23NO5/c24-19-9-8-16-6-7-17(12-18(16)13-19)21(26)20(25)10-11-23-22(27)28-14-15-4-2-1-3-5-15/h1-9,12-13,20-21,24-26H,10-11,14H2,(H,23,27). The summed E-state index contributed by atoms with van der Waals surface area (Å²) in [5, 5.41) is 34.4. The monoisotopic (exact) mass is 381 g/mol. The number of aliphatic hydroxyl groups is 2. The molecule has 0 aliphatic heterocycles. The fraction of sp³-hybridized carbons (Fsp3) is 0.227. The van der Waals surface area contributed by atoms with Gasteiger partial charge in [-0.2, -0.15) is 0 Å². The summed E-state index contributed by atoms with van der Waals surface area (Å²) in [4.78, 5) is 11.7. The molecule has 3 aromatic rings.